The molecule has 0 aliphatic carbocycles. The van der Waals surface area contributed by atoms with Gasteiger partial charge >= 0.3 is 12.0 Å². The summed E-state index contributed by atoms with van der Waals surface area (Å²) in [4.78, 5) is 32.1. The van der Waals surface area contributed by atoms with E-state index in [9.17, 15) is 14.4 Å². The van der Waals surface area contributed by atoms with E-state index in [-0.39, 0.29) is 11.3 Å². The SMILES string of the molecule is NC(=O)NC(=O)COc1ccc(C(=O)O)cc1Br. The molecular weight excluding hydrogens is 308 g/mol. The zero-order valence-corrected chi connectivity index (χ0v) is 10.6. The molecule has 96 valence electrons. The second-order valence-electron chi connectivity index (χ2n) is 3.15. The van der Waals surface area contributed by atoms with Gasteiger partial charge in [-0.25, -0.2) is 9.59 Å². The van der Waals surface area contributed by atoms with Crippen LogP contribution in [0.15, 0.2) is 22.7 Å². The predicted octanol–water partition coefficient (Wildman–Crippen LogP) is 0.721. The Balaban J connectivity index is 2.66. The normalized spacial score (nSPS) is 9.61. The molecule has 18 heavy (non-hydrogen) atoms. The number of primary amides is 1. The van der Waals surface area contributed by atoms with Gasteiger partial charge in [0.2, 0.25) is 0 Å². The minimum atomic E-state index is -1.08. The van der Waals surface area contributed by atoms with Crippen molar-refractivity contribution < 1.29 is 24.2 Å². The number of benzene rings is 1. The molecule has 1 aromatic carbocycles. The maximum Gasteiger partial charge on any atom is 0.335 e. The lowest BCUT2D eigenvalue weighted by molar-refractivity contribution is -0.121. The molecule has 1 rings (SSSR count). The number of carboxylic acids is 1. The van der Waals surface area contributed by atoms with Crippen molar-refractivity contribution in [3.8, 4) is 5.75 Å². The van der Waals surface area contributed by atoms with Crippen molar-refractivity contribution in [1.82, 2.24) is 5.32 Å². The molecule has 0 atom stereocenters. The van der Waals surface area contributed by atoms with Gasteiger partial charge in [-0.1, -0.05) is 0 Å². The first kappa shape index (κ1) is 14.0. The Bertz CT molecular complexity index is 503. The monoisotopic (exact) mass is 316 g/mol. The Morgan fingerprint density at radius 2 is 2.06 bits per heavy atom. The van der Waals surface area contributed by atoms with Gasteiger partial charge in [-0.15, -0.1) is 0 Å². The smallest absolute Gasteiger partial charge is 0.335 e. The number of nitrogens with two attached hydrogens (primary N) is 1. The van der Waals surface area contributed by atoms with Crippen molar-refractivity contribution in [2.24, 2.45) is 5.73 Å². The molecular formula is C10H9BrN2O5. The lowest BCUT2D eigenvalue weighted by atomic mass is 10.2. The predicted molar refractivity (Wildman–Crippen MR) is 64.3 cm³/mol. The van der Waals surface area contributed by atoms with Gasteiger partial charge in [-0.3, -0.25) is 10.1 Å². The number of rotatable bonds is 4. The van der Waals surface area contributed by atoms with E-state index < -0.39 is 24.5 Å². The fourth-order valence-corrected chi connectivity index (χ4v) is 1.56. The van der Waals surface area contributed by atoms with Crippen LogP contribution in [0.3, 0.4) is 0 Å². The third kappa shape index (κ3) is 4.06. The van der Waals surface area contributed by atoms with E-state index in [1.54, 1.807) is 0 Å². The molecule has 3 amide bonds. The van der Waals surface area contributed by atoms with Gasteiger partial charge in [0.05, 0.1) is 10.0 Å². The highest BCUT2D eigenvalue weighted by atomic mass is 79.9. The van der Waals surface area contributed by atoms with Crippen molar-refractivity contribution >= 4 is 33.8 Å². The molecule has 7 nitrogen and oxygen atoms in total. The van der Waals surface area contributed by atoms with E-state index >= 15 is 0 Å². The Labute approximate surface area is 110 Å². The zero-order chi connectivity index (χ0) is 13.7. The third-order valence-electron chi connectivity index (χ3n) is 1.80. The second kappa shape index (κ2) is 6.01. The Morgan fingerprint density at radius 1 is 1.39 bits per heavy atom. The summed E-state index contributed by atoms with van der Waals surface area (Å²) in [7, 11) is 0. The highest BCUT2D eigenvalue weighted by molar-refractivity contribution is 9.10. The minimum absolute atomic E-state index is 0.0795. The highest BCUT2D eigenvalue weighted by Crippen LogP contribution is 2.25. The molecule has 0 saturated carbocycles. The second-order valence-corrected chi connectivity index (χ2v) is 4.01. The maximum absolute atomic E-state index is 11.1. The average molecular weight is 317 g/mol. The van der Waals surface area contributed by atoms with Gasteiger partial charge < -0.3 is 15.6 Å². The number of hydrogen-bond donors (Lipinski definition) is 3. The van der Waals surface area contributed by atoms with Crippen molar-refractivity contribution in [3.05, 3.63) is 28.2 Å². The number of amides is 3. The van der Waals surface area contributed by atoms with Gasteiger partial charge in [-0.05, 0) is 34.1 Å². The summed E-state index contributed by atoms with van der Waals surface area (Å²) in [5.74, 6) is -1.50. The third-order valence-corrected chi connectivity index (χ3v) is 2.42. The van der Waals surface area contributed by atoms with Gasteiger partial charge in [0.1, 0.15) is 5.75 Å². The summed E-state index contributed by atoms with van der Waals surface area (Å²) < 4.78 is 5.46. The zero-order valence-electron chi connectivity index (χ0n) is 8.97. The lowest BCUT2D eigenvalue weighted by Gasteiger charge is -2.08. The van der Waals surface area contributed by atoms with Crippen molar-refractivity contribution in [2.45, 2.75) is 0 Å². The first-order valence-corrected chi connectivity index (χ1v) is 5.44. The number of nitrogens with one attached hydrogen (secondary N) is 1. The summed E-state index contributed by atoms with van der Waals surface area (Å²) >= 11 is 3.10. The van der Waals surface area contributed by atoms with Crippen LogP contribution in [0.4, 0.5) is 4.79 Å². The number of hydrogen-bond acceptors (Lipinski definition) is 4. The molecule has 0 fully saturated rings. The topological polar surface area (TPSA) is 119 Å². The molecule has 1 aromatic rings. The molecule has 0 unspecified atom stereocenters. The molecule has 0 bridgehead atoms. The first-order chi connectivity index (χ1) is 8.40. The Kier molecular flexibility index (Phi) is 4.67. The van der Waals surface area contributed by atoms with E-state index in [4.69, 9.17) is 15.6 Å². The molecule has 0 saturated heterocycles. The lowest BCUT2D eigenvalue weighted by Crippen LogP contribution is -2.38. The number of aromatic carboxylic acids is 1. The average Bonchev–Trinajstić information content (AvgIpc) is 2.26. The van der Waals surface area contributed by atoms with Crippen LogP contribution in [0, 0.1) is 0 Å². The minimum Gasteiger partial charge on any atom is -0.483 e. The van der Waals surface area contributed by atoms with Crippen molar-refractivity contribution in [2.75, 3.05) is 6.61 Å². The quantitative estimate of drug-likeness (QED) is 0.756. The van der Waals surface area contributed by atoms with E-state index in [0.29, 0.717) is 4.47 Å². The Hall–Kier alpha value is -2.09. The van der Waals surface area contributed by atoms with Crippen LogP contribution >= 0.6 is 15.9 Å². The standard InChI is InChI=1S/C10H9BrN2O5/c11-6-3-5(9(15)16)1-2-7(6)18-4-8(14)13-10(12)17/h1-3H,4H2,(H,15,16)(H3,12,13,14,17). The highest BCUT2D eigenvalue weighted by Gasteiger charge is 2.10. The van der Waals surface area contributed by atoms with Crippen LogP contribution < -0.4 is 15.8 Å². The van der Waals surface area contributed by atoms with Crippen molar-refractivity contribution in [1.29, 1.82) is 0 Å². The Morgan fingerprint density at radius 3 is 2.56 bits per heavy atom. The summed E-state index contributed by atoms with van der Waals surface area (Å²) in [5.41, 5.74) is 4.82. The van der Waals surface area contributed by atoms with E-state index in [1.807, 2.05) is 5.32 Å². The van der Waals surface area contributed by atoms with Crippen LogP contribution in [0.1, 0.15) is 10.4 Å². The van der Waals surface area contributed by atoms with Gasteiger partial charge in [-0.2, -0.15) is 0 Å². The first-order valence-electron chi connectivity index (χ1n) is 4.65. The van der Waals surface area contributed by atoms with E-state index in [2.05, 4.69) is 15.9 Å². The number of ether oxygens (including phenoxy) is 1. The maximum atomic E-state index is 11.1. The molecule has 8 heteroatoms. The van der Waals surface area contributed by atoms with E-state index in [1.165, 1.54) is 18.2 Å². The fourth-order valence-electron chi connectivity index (χ4n) is 1.07. The molecule has 0 aromatic heterocycles. The van der Waals surface area contributed by atoms with Gasteiger partial charge in [0, 0.05) is 0 Å². The molecule has 0 aliphatic rings. The van der Waals surface area contributed by atoms with Crippen LogP contribution in [-0.4, -0.2) is 29.6 Å². The van der Waals surface area contributed by atoms with Crippen LogP contribution in [-0.2, 0) is 4.79 Å². The molecule has 4 N–H and O–H groups in total. The summed E-state index contributed by atoms with van der Waals surface area (Å²) in [6.07, 6.45) is 0. The van der Waals surface area contributed by atoms with Crippen molar-refractivity contribution in [3.63, 3.8) is 0 Å². The number of carbonyl (C=O) groups excluding carboxylic acids is 2. The summed E-state index contributed by atoms with van der Waals surface area (Å²) in [5, 5.41) is 10.6. The molecule has 0 aliphatic heterocycles. The molecule has 0 spiro atoms. The number of halogens is 1. The summed E-state index contributed by atoms with van der Waals surface area (Å²) in [6.45, 7) is -0.409. The van der Waals surface area contributed by atoms with Gasteiger partial charge in [0.15, 0.2) is 6.61 Å². The number of urea groups is 1. The van der Waals surface area contributed by atoms with Crippen LogP contribution in [0.5, 0.6) is 5.75 Å². The molecule has 0 radical (unpaired) electrons. The largest absolute Gasteiger partial charge is 0.483 e. The number of carbonyl (C=O) groups is 3. The van der Waals surface area contributed by atoms with E-state index in [0.717, 1.165) is 0 Å². The fraction of sp³-hybridized carbons (Fsp3) is 0.100. The number of imide groups is 1. The molecule has 0 heterocycles. The number of carboxylic acid groups (broad SMARTS) is 1. The van der Waals surface area contributed by atoms with Gasteiger partial charge in [0.25, 0.3) is 5.91 Å². The van der Waals surface area contributed by atoms with Crippen LogP contribution in [0.2, 0.25) is 0 Å². The summed E-state index contributed by atoms with van der Waals surface area (Å²) in [6, 6.07) is 3.09. The van der Waals surface area contributed by atoms with Crippen LogP contribution in [0.25, 0.3) is 0 Å².